The molecule has 1 unspecified atom stereocenters. The molecule has 2 rings (SSSR count). The molecule has 0 aliphatic heterocycles. The average Bonchev–Trinajstić information content (AvgIpc) is 2.76. The van der Waals surface area contributed by atoms with Gasteiger partial charge in [0.2, 0.25) is 0 Å². The van der Waals surface area contributed by atoms with Crippen LogP contribution in [0.3, 0.4) is 0 Å². The number of nitrogens with two attached hydrogens (primary N) is 1. The molecule has 2 N–H and O–H groups in total. The van der Waals surface area contributed by atoms with Crippen molar-refractivity contribution in [2.24, 2.45) is 5.73 Å². The van der Waals surface area contributed by atoms with E-state index in [4.69, 9.17) is 17.3 Å². The minimum absolute atomic E-state index is 0.188. The smallest absolute Gasteiger partial charge is 0.0850 e. The molecule has 0 saturated heterocycles. The van der Waals surface area contributed by atoms with Crippen molar-refractivity contribution in [3.05, 3.63) is 44.9 Å². The van der Waals surface area contributed by atoms with Crippen LogP contribution < -0.4 is 5.73 Å². The monoisotopic (exact) mass is 356 g/mol. The average molecular weight is 358 g/mol. The summed E-state index contributed by atoms with van der Waals surface area (Å²) in [5.41, 5.74) is 9.01. The summed E-state index contributed by atoms with van der Waals surface area (Å²) in [4.78, 5) is 4.34. The fourth-order valence-corrected chi connectivity index (χ4v) is 2.71. The number of halogens is 2. The van der Waals surface area contributed by atoms with Crippen LogP contribution in [0.25, 0.3) is 0 Å². The Balaban J connectivity index is 2.25. The minimum atomic E-state index is -0.188. The van der Waals surface area contributed by atoms with Crippen LogP contribution in [0, 0.1) is 0 Å². The van der Waals surface area contributed by atoms with Gasteiger partial charge < -0.3 is 5.73 Å². The summed E-state index contributed by atoms with van der Waals surface area (Å²) in [6.45, 7) is 4.89. The van der Waals surface area contributed by atoms with Gasteiger partial charge >= 0.3 is 0 Å². The molecule has 0 fully saturated rings. The van der Waals surface area contributed by atoms with Crippen molar-refractivity contribution >= 4 is 27.5 Å². The minimum Gasteiger partial charge on any atom is -0.322 e. The van der Waals surface area contributed by atoms with E-state index in [2.05, 4.69) is 32.9 Å². The van der Waals surface area contributed by atoms with Crippen LogP contribution in [0.15, 0.2) is 22.8 Å². The Hall–Kier alpha value is -0.910. The molecule has 2 heterocycles. The lowest BCUT2D eigenvalue weighted by molar-refractivity contribution is 0.580. The fraction of sp³-hybridized carbons (Fsp3) is 0.429. The zero-order valence-corrected chi connectivity index (χ0v) is 13.9. The van der Waals surface area contributed by atoms with Gasteiger partial charge in [0.25, 0.3) is 0 Å². The molecule has 20 heavy (non-hydrogen) atoms. The molecule has 0 amide bonds. The number of aryl methyl sites for hydroxylation is 2. The molecule has 0 spiro atoms. The van der Waals surface area contributed by atoms with Crippen molar-refractivity contribution in [1.29, 1.82) is 0 Å². The Bertz CT molecular complexity index is 580. The van der Waals surface area contributed by atoms with E-state index in [-0.39, 0.29) is 6.04 Å². The van der Waals surface area contributed by atoms with Crippen LogP contribution in [-0.4, -0.2) is 14.8 Å². The van der Waals surface area contributed by atoms with Crippen LogP contribution in [0.2, 0.25) is 5.02 Å². The van der Waals surface area contributed by atoms with E-state index in [9.17, 15) is 0 Å². The Kier molecular flexibility index (Phi) is 5.18. The Morgan fingerprint density at radius 3 is 2.70 bits per heavy atom. The zero-order chi connectivity index (χ0) is 14.7. The second kappa shape index (κ2) is 6.70. The van der Waals surface area contributed by atoms with Gasteiger partial charge in [0.15, 0.2) is 0 Å². The fourth-order valence-electron chi connectivity index (χ4n) is 2.13. The Labute approximate surface area is 132 Å². The van der Waals surface area contributed by atoms with Crippen LogP contribution in [0.1, 0.15) is 37.0 Å². The van der Waals surface area contributed by atoms with E-state index in [0.717, 1.165) is 39.5 Å². The van der Waals surface area contributed by atoms with Crippen molar-refractivity contribution in [1.82, 2.24) is 14.8 Å². The van der Waals surface area contributed by atoms with Crippen molar-refractivity contribution in [3.63, 3.8) is 0 Å². The van der Waals surface area contributed by atoms with E-state index < -0.39 is 0 Å². The Morgan fingerprint density at radius 2 is 2.15 bits per heavy atom. The second-order valence-electron chi connectivity index (χ2n) is 4.59. The van der Waals surface area contributed by atoms with E-state index in [0.29, 0.717) is 6.42 Å². The largest absolute Gasteiger partial charge is 0.322 e. The van der Waals surface area contributed by atoms with Gasteiger partial charge in [-0.05, 0) is 41.4 Å². The SMILES string of the molecule is CCc1nn(CC)c(CC(N)c2ccc(Br)cn2)c1Cl. The van der Waals surface area contributed by atoms with Crippen molar-refractivity contribution in [3.8, 4) is 0 Å². The van der Waals surface area contributed by atoms with E-state index in [1.807, 2.05) is 23.7 Å². The third-order valence-electron chi connectivity index (χ3n) is 3.24. The number of nitrogens with zero attached hydrogens (tertiary/aromatic N) is 3. The first-order chi connectivity index (χ1) is 9.56. The van der Waals surface area contributed by atoms with Gasteiger partial charge in [0, 0.05) is 23.6 Å². The van der Waals surface area contributed by atoms with Gasteiger partial charge in [-0.3, -0.25) is 9.67 Å². The summed E-state index contributed by atoms with van der Waals surface area (Å²) in [6, 6.07) is 3.68. The maximum atomic E-state index is 6.40. The highest BCUT2D eigenvalue weighted by molar-refractivity contribution is 9.10. The lowest BCUT2D eigenvalue weighted by atomic mass is 10.1. The van der Waals surface area contributed by atoms with Gasteiger partial charge in [-0.15, -0.1) is 0 Å². The third-order valence-corrected chi connectivity index (χ3v) is 4.14. The molecule has 2 aromatic heterocycles. The summed E-state index contributed by atoms with van der Waals surface area (Å²) in [5.74, 6) is 0. The maximum Gasteiger partial charge on any atom is 0.0850 e. The Morgan fingerprint density at radius 1 is 1.40 bits per heavy atom. The molecule has 1 atom stereocenters. The van der Waals surface area contributed by atoms with Gasteiger partial charge in [0.1, 0.15) is 0 Å². The van der Waals surface area contributed by atoms with Gasteiger partial charge in [-0.1, -0.05) is 18.5 Å². The van der Waals surface area contributed by atoms with Gasteiger partial charge in [-0.2, -0.15) is 5.10 Å². The molecule has 0 aliphatic carbocycles. The van der Waals surface area contributed by atoms with Crippen LogP contribution in [-0.2, 0) is 19.4 Å². The normalized spacial score (nSPS) is 12.7. The van der Waals surface area contributed by atoms with E-state index >= 15 is 0 Å². The first-order valence-electron chi connectivity index (χ1n) is 6.67. The molecule has 0 saturated carbocycles. The molecule has 0 bridgehead atoms. The zero-order valence-electron chi connectivity index (χ0n) is 11.6. The van der Waals surface area contributed by atoms with Gasteiger partial charge in [0.05, 0.1) is 28.1 Å². The quantitative estimate of drug-likeness (QED) is 0.890. The number of hydrogen-bond acceptors (Lipinski definition) is 3. The summed E-state index contributed by atoms with van der Waals surface area (Å²) in [6.07, 6.45) is 3.21. The second-order valence-corrected chi connectivity index (χ2v) is 5.88. The first-order valence-corrected chi connectivity index (χ1v) is 7.85. The molecule has 4 nitrogen and oxygen atoms in total. The molecular formula is C14H18BrClN4. The number of pyridine rings is 1. The maximum absolute atomic E-state index is 6.40. The van der Waals surface area contributed by atoms with E-state index in [1.54, 1.807) is 6.20 Å². The van der Waals surface area contributed by atoms with Crippen LogP contribution in [0.5, 0.6) is 0 Å². The molecule has 0 aromatic carbocycles. The summed E-state index contributed by atoms with van der Waals surface area (Å²) >= 11 is 9.77. The van der Waals surface area contributed by atoms with Gasteiger partial charge in [-0.25, -0.2) is 0 Å². The highest BCUT2D eigenvalue weighted by atomic mass is 79.9. The molecule has 108 valence electrons. The van der Waals surface area contributed by atoms with Crippen LogP contribution in [0.4, 0.5) is 0 Å². The first kappa shape index (κ1) is 15.5. The summed E-state index contributed by atoms with van der Waals surface area (Å²) in [7, 11) is 0. The van der Waals surface area contributed by atoms with Crippen molar-refractivity contribution < 1.29 is 0 Å². The molecule has 6 heteroatoms. The predicted octanol–water partition coefficient (Wildman–Crippen LogP) is 3.52. The summed E-state index contributed by atoms with van der Waals surface area (Å²) < 4.78 is 2.87. The molecule has 0 radical (unpaired) electrons. The number of hydrogen-bond donors (Lipinski definition) is 1. The van der Waals surface area contributed by atoms with E-state index in [1.165, 1.54) is 0 Å². The lowest BCUT2D eigenvalue weighted by Gasteiger charge is -2.12. The molecular weight excluding hydrogens is 340 g/mol. The predicted molar refractivity (Wildman–Crippen MR) is 84.9 cm³/mol. The topological polar surface area (TPSA) is 56.7 Å². The van der Waals surface area contributed by atoms with Crippen molar-refractivity contribution in [2.75, 3.05) is 0 Å². The standard InChI is InChI=1S/C14H18BrClN4/c1-3-11-14(16)13(20(4-2)19-11)7-10(17)12-6-5-9(15)8-18-12/h5-6,8,10H,3-4,7,17H2,1-2H3. The lowest BCUT2D eigenvalue weighted by Crippen LogP contribution is -2.17. The van der Waals surface area contributed by atoms with Crippen molar-refractivity contribution in [2.45, 2.75) is 39.3 Å². The molecule has 2 aromatic rings. The highest BCUT2D eigenvalue weighted by Crippen LogP contribution is 2.25. The summed E-state index contributed by atoms with van der Waals surface area (Å²) in [5, 5.41) is 5.25. The number of aromatic nitrogens is 3. The molecule has 0 aliphatic rings. The third kappa shape index (κ3) is 3.22. The number of rotatable bonds is 5. The highest BCUT2D eigenvalue weighted by Gasteiger charge is 2.18. The van der Waals surface area contributed by atoms with Crippen LogP contribution >= 0.6 is 27.5 Å².